The molecule has 0 spiro atoms. The first-order valence-electron chi connectivity index (χ1n) is 9.57. The second-order valence-corrected chi connectivity index (χ2v) is 7.09. The highest BCUT2D eigenvalue weighted by Gasteiger charge is 2.12. The molecule has 0 aliphatic rings. The van der Waals surface area contributed by atoms with Crippen LogP contribution >= 0.6 is 0 Å². The molecule has 146 valence electrons. The third-order valence-corrected chi connectivity index (χ3v) is 4.46. The number of likely N-dealkylation sites (N-methyl/N-ethyl adjacent to an activating group) is 1. The van der Waals surface area contributed by atoms with Gasteiger partial charge in [-0.1, -0.05) is 30.3 Å². The van der Waals surface area contributed by atoms with Gasteiger partial charge in [0.1, 0.15) is 12.4 Å². The van der Waals surface area contributed by atoms with Gasteiger partial charge in [0.05, 0.1) is 5.69 Å². The normalized spacial score (nSPS) is 11.1. The average molecular weight is 377 g/mol. The Morgan fingerprint density at radius 3 is 2.46 bits per heavy atom. The molecular weight excluding hydrogens is 348 g/mol. The fourth-order valence-corrected chi connectivity index (χ4v) is 2.96. The van der Waals surface area contributed by atoms with Crippen molar-refractivity contribution < 1.29 is 4.74 Å². The van der Waals surface area contributed by atoms with Crippen LogP contribution in [0.3, 0.4) is 0 Å². The number of hydrogen-bond acceptors (Lipinski definition) is 5. The van der Waals surface area contributed by atoms with Crippen molar-refractivity contribution in [2.75, 3.05) is 27.2 Å². The minimum absolute atomic E-state index is 0.470. The van der Waals surface area contributed by atoms with Crippen LogP contribution in [0.25, 0.3) is 0 Å². The summed E-state index contributed by atoms with van der Waals surface area (Å²) in [7, 11) is 4.21. The molecule has 0 amide bonds. The van der Waals surface area contributed by atoms with Gasteiger partial charge in [0.2, 0.25) is 0 Å². The van der Waals surface area contributed by atoms with E-state index in [1.54, 1.807) is 6.20 Å². The molecular formula is C23H28N4O. The molecule has 0 saturated heterocycles. The summed E-state index contributed by atoms with van der Waals surface area (Å²) in [5.41, 5.74) is 3.33. The van der Waals surface area contributed by atoms with Crippen molar-refractivity contribution in [2.45, 2.75) is 19.7 Å². The van der Waals surface area contributed by atoms with E-state index in [1.165, 1.54) is 11.1 Å². The Kier molecular flexibility index (Phi) is 7.53. The number of para-hydroxylation sites is 1. The van der Waals surface area contributed by atoms with E-state index in [2.05, 4.69) is 52.1 Å². The lowest BCUT2D eigenvalue weighted by atomic mass is 10.1. The number of nitrogens with zero attached hydrogens (tertiary/aromatic N) is 4. The van der Waals surface area contributed by atoms with Crippen LogP contribution in [0.5, 0.6) is 5.75 Å². The summed E-state index contributed by atoms with van der Waals surface area (Å²) in [5, 5.41) is 0. The van der Waals surface area contributed by atoms with Gasteiger partial charge in [0.25, 0.3) is 0 Å². The Bertz CT molecular complexity index is 824. The van der Waals surface area contributed by atoms with E-state index in [9.17, 15) is 0 Å². The van der Waals surface area contributed by atoms with Gasteiger partial charge < -0.3 is 9.64 Å². The Hall–Kier alpha value is -2.76. The van der Waals surface area contributed by atoms with E-state index >= 15 is 0 Å². The monoisotopic (exact) mass is 376 g/mol. The first kappa shape index (κ1) is 20.0. The zero-order chi connectivity index (χ0) is 19.6. The number of benzene rings is 1. The molecule has 28 heavy (non-hydrogen) atoms. The fourth-order valence-electron chi connectivity index (χ4n) is 2.96. The van der Waals surface area contributed by atoms with E-state index in [4.69, 9.17) is 4.74 Å². The van der Waals surface area contributed by atoms with Crippen molar-refractivity contribution in [1.29, 1.82) is 0 Å². The third-order valence-electron chi connectivity index (χ3n) is 4.46. The Labute approximate surface area is 167 Å². The molecule has 5 heteroatoms. The maximum absolute atomic E-state index is 6.09. The molecule has 1 aromatic carbocycles. The van der Waals surface area contributed by atoms with E-state index in [-0.39, 0.29) is 0 Å². The standard InChI is InChI=1S/C23H28N4O/c1-26(2)14-15-27(17-20-8-7-12-24-16-20)18-21-9-3-4-11-23(21)28-19-22-10-5-6-13-25-22/h3-13,16H,14-15,17-19H2,1-2H3. The van der Waals surface area contributed by atoms with E-state index in [0.29, 0.717) is 6.61 Å². The zero-order valence-corrected chi connectivity index (χ0v) is 16.7. The molecule has 3 rings (SSSR count). The van der Waals surface area contributed by atoms with E-state index in [1.807, 2.05) is 48.8 Å². The molecule has 0 aliphatic carbocycles. The smallest absolute Gasteiger partial charge is 0.130 e. The predicted octanol–water partition coefficient (Wildman–Crippen LogP) is 3.62. The van der Waals surface area contributed by atoms with Gasteiger partial charge in [-0.25, -0.2) is 0 Å². The number of pyridine rings is 2. The number of aromatic nitrogens is 2. The second-order valence-electron chi connectivity index (χ2n) is 7.09. The summed E-state index contributed by atoms with van der Waals surface area (Å²) in [4.78, 5) is 13.2. The molecule has 0 N–H and O–H groups in total. The van der Waals surface area contributed by atoms with Crippen molar-refractivity contribution >= 4 is 0 Å². The molecule has 2 heterocycles. The zero-order valence-electron chi connectivity index (χ0n) is 16.7. The van der Waals surface area contributed by atoms with Gasteiger partial charge in [-0.2, -0.15) is 0 Å². The Morgan fingerprint density at radius 1 is 0.857 bits per heavy atom. The topological polar surface area (TPSA) is 41.5 Å². The van der Waals surface area contributed by atoms with Crippen LogP contribution in [0.15, 0.2) is 73.2 Å². The van der Waals surface area contributed by atoms with Crippen LogP contribution < -0.4 is 4.74 Å². The van der Waals surface area contributed by atoms with Crippen LogP contribution in [-0.4, -0.2) is 47.0 Å². The van der Waals surface area contributed by atoms with Crippen LogP contribution in [0.4, 0.5) is 0 Å². The average Bonchev–Trinajstić information content (AvgIpc) is 2.73. The van der Waals surface area contributed by atoms with Crippen LogP contribution in [0.1, 0.15) is 16.8 Å². The maximum atomic E-state index is 6.09. The predicted molar refractivity (Wildman–Crippen MR) is 112 cm³/mol. The molecule has 3 aromatic rings. The summed E-state index contributed by atoms with van der Waals surface area (Å²) >= 11 is 0. The van der Waals surface area contributed by atoms with Gasteiger partial charge >= 0.3 is 0 Å². The molecule has 0 bridgehead atoms. The molecule has 2 aromatic heterocycles. The van der Waals surface area contributed by atoms with Gasteiger partial charge in [0.15, 0.2) is 0 Å². The third kappa shape index (κ3) is 6.44. The van der Waals surface area contributed by atoms with Crippen molar-refractivity contribution in [3.63, 3.8) is 0 Å². The maximum Gasteiger partial charge on any atom is 0.130 e. The molecule has 0 aliphatic heterocycles. The quantitative estimate of drug-likeness (QED) is 0.541. The fraction of sp³-hybridized carbons (Fsp3) is 0.304. The number of hydrogen-bond donors (Lipinski definition) is 0. The largest absolute Gasteiger partial charge is 0.487 e. The number of rotatable bonds is 10. The van der Waals surface area contributed by atoms with E-state index in [0.717, 1.165) is 37.6 Å². The summed E-state index contributed by atoms with van der Waals surface area (Å²) < 4.78 is 6.09. The summed E-state index contributed by atoms with van der Waals surface area (Å²) in [6.45, 7) is 4.11. The summed E-state index contributed by atoms with van der Waals surface area (Å²) in [6, 6.07) is 18.2. The molecule has 0 atom stereocenters. The van der Waals surface area contributed by atoms with Gasteiger partial charge in [-0.3, -0.25) is 14.9 Å². The molecule has 5 nitrogen and oxygen atoms in total. The first-order valence-corrected chi connectivity index (χ1v) is 9.57. The number of ether oxygens (including phenoxy) is 1. The minimum Gasteiger partial charge on any atom is -0.487 e. The lowest BCUT2D eigenvalue weighted by Gasteiger charge is -2.25. The highest BCUT2D eigenvalue weighted by molar-refractivity contribution is 5.33. The van der Waals surface area contributed by atoms with Crippen molar-refractivity contribution in [1.82, 2.24) is 19.8 Å². The van der Waals surface area contributed by atoms with E-state index < -0.39 is 0 Å². The second kappa shape index (κ2) is 10.5. The molecule has 0 radical (unpaired) electrons. The lowest BCUT2D eigenvalue weighted by molar-refractivity contribution is 0.220. The molecule has 0 saturated carbocycles. The van der Waals surface area contributed by atoms with Crippen molar-refractivity contribution in [3.8, 4) is 5.75 Å². The highest BCUT2D eigenvalue weighted by Crippen LogP contribution is 2.22. The van der Waals surface area contributed by atoms with Gasteiger partial charge in [0, 0.05) is 50.3 Å². The van der Waals surface area contributed by atoms with Crippen LogP contribution in [-0.2, 0) is 19.7 Å². The van der Waals surface area contributed by atoms with Crippen LogP contribution in [0, 0.1) is 0 Å². The van der Waals surface area contributed by atoms with Crippen LogP contribution in [0.2, 0.25) is 0 Å². The Balaban J connectivity index is 1.70. The lowest BCUT2D eigenvalue weighted by Crippen LogP contribution is -2.31. The summed E-state index contributed by atoms with van der Waals surface area (Å²) in [5.74, 6) is 0.911. The highest BCUT2D eigenvalue weighted by atomic mass is 16.5. The summed E-state index contributed by atoms with van der Waals surface area (Å²) in [6.07, 6.45) is 5.54. The van der Waals surface area contributed by atoms with Gasteiger partial charge in [-0.05, 0) is 43.9 Å². The van der Waals surface area contributed by atoms with Crippen molar-refractivity contribution in [2.24, 2.45) is 0 Å². The molecule has 0 fully saturated rings. The van der Waals surface area contributed by atoms with Gasteiger partial charge in [-0.15, -0.1) is 0 Å². The molecule has 0 unspecified atom stereocenters. The minimum atomic E-state index is 0.470. The first-order chi connectivity index (χ1) is 13.7. The Morgan fingerprint density at radius 2 is 1.71 bits per heavy atom. The SMILES string of the molecule is CN(C)CCN(Cc1cccnc1)Cc1ccccc1OCc1ccccn1. The van der Waals surface area contributed by atoms with Crippen molar-refractivity contribution in [3.05, 3.63) is 90.0 Å².